The SMILES string of the molecule is CC(C)OC1=NCC2NN=C(c3cc(N4CCC(n5cncn5)CC4)ncn3)C2=C1. The van der Waals surface area contributed by atoms with E-state index in [0.717, 1.165) is 48.7 Å². The minimum absolute atomic E-state index is 0.0661. The summed E-state index contributed by atoms with van der Waals surface area (Å²) >= 11 is 0. The molecule has 30 heavy (non-hydrogen) atoms. The maximum absolute atomic E-state index is 5.78. The van der Waals surface area contributed by atoms with Crippen molar-refractivity contribution in [3.63, 3.8) is 0 Å². The van der Waals surface area contributed by atoms with E-state index in [0.29, 0.717) is 18.5 Å². The first-order valence-corrected chi connectivity index (χ1v) is 10.3. The Morgan fingerprint density at radius 1 is 1.17 bits per heavy atom. The lowest BCUT2D eigenvalue weighted by molar-refractivity contribution is 0.228. The van der Waals surface area contributed by atoms with Gasteiger partial charge >= 0.3 is 0 Å². The van der Waals surface area contributed by atoms with Crippen LogP contribution in [0.1, 0.15) is 38.4 Å². The summed E-state index contributed by atoms with van der Waals surface area (Å²) in [6.45, 7) is 6.43. The topological polar surface area (TPSA) is 106 Å². The second-order valence-electron chi connectivity index (χ2n) is 7.94. The molecule has 1 N–H and O–H groups in total. The van der Waals surface area contributed by atoms with Gasteiger partial charge in [-0.1, -0.05) is 0 Å². The molecule has 0 bridgehead atoms. The molecular weight excluding hydrogens is 382 g/mol. The van der Waals surface area contributed by atoms with E-state index >= 15 is 0 Å². The van der Waals surface area contributed by atoms with Gasteiger partial charge in [-0.25, -0.2) is 24.6 Å². The Labute approximate surface area is 174 Å². The third-order valence-electron chi connectivity index (χ3n) is 5.54. The number of rotatable bonds is 4. The number of fused-ring (bicyclic) bond motifs is 1. The fraction of sp³-hybridized carbons (Fsp3) is 0.500. The molecule has 0 spiro atoms. The van der Waals surface area contributed by atoms with E-state index < -0.39 is 0 Å². The van der Waals surface area contributed by atoms with Crippen LogP contribution in [0.15, 0.2) is 46.8 Å². The van der Waals surface area contributed by atoms with Crippen molar-refractivity contribution in [1.82, 2.24) is 30.2 Å². The van der Waals surface area contributed by atoms with E-state index in [-0.39, 0.29) is 12.1 Å². The Kier molecular flexibility index (Phi) is 4.89. The highest BCUT2D eigenvalue weighted by Gasteiger charge is 2.31. The van der Waals surface area contributed by atoms with Gasteiger partial charge in [0.25, 0.3) is 0 Å². The zero-order valence-corrected chi connectivity index (χ0v) is 17.1. The molecule has 1 fully saturated rings. The summed E-state index contributed by atoms with van der Waals surface area (Å²) in [6.07, 6.45) is 9.07. The molecule has 1 unspecified atom stereocenters. The maximum Gasteiger partial charge on any atom is 0.209 e. The average Bonchev–Trinajstić information content (AvgIpc) is 3.44. The fourth-order valence-electron chi connectivity index (χ4n) is 4.04. The number of dihydropyridines is 1. The van der Waals surface area contributed by atoms with Crippen LogP contribution in [0.4, 0.5) is 5.82 Å². The lowest BCUT2D eigenvalue weighted by atomic mass is 9.99. The van der Waals surface area contributed by atoms with Crippen molar-refractivity contribution in [3.8, 4) is 0 Å². The highest BCUT2D eigenvalue weighted by molar-refractivity contribution is 6.16. The molecule has 5 heterocycles. The molecule has 10 heteroatoms. The summed E-state index contributed by atoms with van der Waals surface area (Å²) in [5, 5.41) is 8.82. The molecule has 3 aliphatic rings. The summed E-state index contributed by atoms with van der Waals surface area (Å²) in [7, 11) is 0. The Morgan fingerprint density at radius 2 is 2.03 bits per heavy atom. The average molecular weight is 407 g/mol. The zero-order valence-electron chi connectivity index (χ0n) is 17.1. The normalized spacial score (nSPS) is 21.6. The number of nitrogens with zero attached hydrogens (tertiary/aromatic N) is 8. The van der Waals surface area contributed by atoms with Gasteiger partial charge in [0.1, 0.15) is 30.5 Å². The molecule has 1 atom stereocenters. The first kappa shape index (κ1) is 18.7. The van der Waals surface area contributed by atoms with Crippen LogP contribution in [0.5, 0.6) is 0 Å². The predicted molar refractivity (Wildman–Crippen MR) is 113 cm³/mol. The highest BCUT2D eigenvalue weighted by Crippen LogP contribution is 2.26. The van der Waals surface area contributed by atoms with Crippen LogP contribution in [0.2, 0.25) is 0 Å². The van der Waals surface area contributed by atoms with Crippen LogP contribution < -0.4 is 10.3 Å². The molecular formula is C20H25N9O. The smallest absolute Gasteiger partial charge is 0.209 e. The van der Waals surface area contributed by atoms with Gasteiger partial charge < -0.3 is 9.64 Å². The van der Waals surface area contributed by atoms with Gasteiger partial charge in [-0.3, -0.25) is 5.43 Å². The van der Waals surface area contributed by atoms with Gasteiger partial charge in [-0.05, 0) is 26.7 Å². The second kappa shape index (κ2) is 7.85. The van der Waals surface area contributed by atoms with Crippen LogP contribution in [0.3, 0.4) is 0 Å². The Bertz CT molecular complexity index is 987. The molecule has 1 saturated heterocycles. The van der Waals surface area contributed by atoms with Crippen LogP contribution in [-0.2, 0) is 4.74 Å². The summed E-state index contributed by atoms with van der Waals surface area (Å²) in [4.78, 5) is 19.9. The third-order valence-corrected chi connectivity index (χ3v) is 5.54. The van der Waals surface area contributed by atoms with Crippen molar-refractivity contribution in [2.45, 2.75) is 44.9 Å². The summed E-state index contributed by atoms with van der Waals surface area (Å²) in [5.74, 6) is 1.57. The molecule has 2 aromatic rings. The maximum atomic E-state index is 5.78. The lowest BCUT2D eigenvalue weighted by Crippen LogP contribution is -2.35. The number of aliphatic imine (C=N–C) groups is 1. The Balaban J connectivity index is 1.32. The minimum atomic E-state index is 0.0661. The molecule has 156 valence electrons. The number of anilines is 1. The van der Waals surface area contributed by atoms with Gasteiger partial charge in [-0.15, -0.1) is 0 Å². The molecule has 3 aliphatic heterocycles. The van der Waals surface area contributed by atoms with Gasteiger partial charge in [0.2, 0.25) is 5.90 Å². The third kappa shape index (κ3) is 3.64. The van der Waals surface area contributed by atoms with E-state index in [1.54, 1.807) is 19.0 Å². The molecule has 0 aliphatic carbocycles. The molecule has 0 radical (unpaired) electrons. The molecule has 10 nitrogen and oxygen atoms in total. The number of hydrazone groups is 1. The summed E-state index contributed by atoms with van der Waals surface area (Å²) in [6, 6.07) is 2.48. The Hall–Kier alpha value is -3.30. The van der Waals surface area contributed by atoms with Crippen molar-refractivity contribution in [3.05, 3.63) is 42.4 Å². The van der Waals surface area contributed by atoms with E-state index in [2.05, 4.69) is 40.5 Å². The van der Waals surface area contributed by atoms with E-state index in [4.69, 9.17) is 4.74 Å². The first-order chi connectivity index (χ1) is 14.7. The quantitative estimate of drug-likeness (QED) is 0.815. The van der Waals surface area contributed by atoms with E-state index in [1.165, 1.54) is 0 Å². The largest absolute Gasteiger partial charge is 0.475 e. The van der Waals surface area contributed by atoms with Crippen molar-refractivity contribution < 1.29 is 4.74 Å². The van der Waals surface area contributed by atoms with Crippen LogP contribution >= 0.6 is 0 Å². The number of ether oxygens (including phenoxy) is 1. The van der Waals surface area contributed by atoms with Gasteiger partial charge in [-0.2, -0.15) is 10.2 Å². The Morgan fingerprint density at radius 3 is 2.80 bits per heavy atom. The number of nitrogens with one attached hydrogen (secondary N) is 1. The van der Waals surface area contributed by atoms with Crippen molar-refractivity contribution in [2.24, 2.45) is 10.1 Å². The standard InChI is InChI=1S/C20H25N9O/c1-13(2)30-19-7-15-17(9-22-19)26-27-20(15)16-8-18(24-11-23-16)28-5-3-14(4-6-28)29-12-21-10-25-29/h7-8,10-14,17,26H,3-6,9H2,1-2H3. The van der Waals surface area contributed by atoms with E-state index in [9.17, 15) is 0 Å². The van der Waals surface area contributed by atoms with Crippen molar-refractivity contribution in [1.29, 1.82) is 0 Å². The lowest BCUT2D eigenvalue weighted by Gasteiger charge is -2.32. The molecule has 2 aromatic heterocycles. The summed E-state index contributed by atoms with van der Waals surface area (Å²) < 4.78 is 7.74. The zero-order chi connectivity index (χ0) is 20.5. The number of hydrogen-bond donors (Lipinski definition) is 1. The monoisotopic (exact) mass is 407 g/mol. The minimum Gasteiger partial charge on any atom is -0.475 e. The van der Waals surface area contributed by atoms with Crippen molar-refractivity contribution >= 4 is 17.4 Å². The molecule has 5 rings (SSSR count). The molecule has 0 amide bonds. The van der Waals surface area contributed by atoms with Gasteiger partial charge in [0.05, 0.1) is 30.4 Å². The first-order valence-electron chi connectivity index (χ1n) is 10.3. The molecule has 0 aromatic carbocycles. The summed E-state index contributed by atoms with van der Waals surface area (Å²) in [5.41, 5.74) is 5.88. The van der Waals surface area contributed by atoms with Crippen LogP contribution in [0.25, 0.3) is 0 Å². The van der Waals surface area contributed by atoms with Crippen LogP contribution in [-0.4, -0.2) is 68.1 Å². The van der Waals surface area contributed by atoms with Gasteiger partial charge in [0.15, 0.2) is 0 Å². The van der Waals surface area contributed by atoms with Crippen molar-refractivity contribution in [2.75, 3.05) is 24.5 Å². The number of piperidine rings is 1. The number of aromatic nitrogens is 5. The number of hydrogen-bond acceptors (Lipinski definition) is 9. The second-order valence-corrected chi connectivity index (χ2v) is 7.94. The fourth-order valence-corrected chi connectivity index (χ4v) is 4.04. The predicted octanol–water partition coefficient (Wildman–Crippen LogP) is 1.35. The van der Waals surface area contributed by atoms with Crippen LogP contribution in [0, 0.1) is 0 Å². The van der Waals surface area contributed by atoms with Gasteiger partial charge in [0, 0.05) is 30.8 Å². The van der Waals surface area contributed by atoms with E-state index in [1.807, 2.05) is 30.7 Å². The highest BCUT2D eigenvalue weighted by atomic mass is 16.5. The molecule has 0 saturated carbocycles.